The molecule has 0 aliphatic rings. The van der Waals surface area contributed by atoms with E-state index >= 15 is 0 Å². The van der Waals surface area contributed by atoms with E-state index in [1.54, 1.807) is 11.6 Å². The van der Waals surface area contributed by atoms with Crippen molar-refractivity contribution in [2.75, 3.05) is 0 Å². The van der Waals surface area contributed by atoms with Gasteiger partial charge in [-0.25, -0.2) is 13.1 Å². The molecule has 0 N–H and O–H groups in total. The summed E-state index contributed by atoms with van der Waals surface area (Å²) in [5.74, 6) is 0. The Hall–Kier alpha value is -1.33. The molecule has 0 aliphatic carbocycles. The van der Waals surface area contributed by atoms with Crippen LogP contribution in [0, 0.1) is 13.8 Å². The minimum Gasteiger partial charge on any atom is -0.237 e. The van der Waals surface area contributed by atoms with E-state index in [0.29, 0.717) is 5.69 Å². The summed E-state index contributed by atoms with van der Waals surface area (Å²) in [5, 5.41) is 4.05. The zero-order valence-electron chi connectivity index (χ0n) is 9.38. The summed E-state index contributed by atoms with van der Waals surface area (Å²) in [6.07, 6.45) is 1.26. The fourth-order valence-corrected chi connectivity index (χ4v) is 2.72. The largest absolute Gasteiger partial charge is 0.264 e. The minimum atomic E-state index is -3.74. The fraction of sp³-hybridized carbons (Fsp3) is 0.182. The zero-order valence-corrected chi connectivity index (χ0v) is 11.0. The molecule has 0 atom stereocenters. The monoisotopic (exact) mass is 270 g/mol. The number of nitrogens with zero attached hydrogens (tertiary/aromatic N) is 2. The smallest absolute Gasteiger partial charge is 0.237 e. The molecule has 0 amide bonds. The highest BCUT2D eigenvalue weighted by Gasteiger charge is 2.18. The molecule has 0 radical (unpaired) electrons. The van der Waals surface area contributed by atoms with E-state index in [0.717, 1.165) is 11.3 Å². The van der Waals surface area contributed by atoms with Crippen molar-refractivity contribution in [1.29, 1.82) is 0 Å². The molecule has 0 saturated heterocycles. The Morgan fingerprint density at radius 1 is 1.29 bits per heavy atom. The average Bonchev–Trinajstić information content (AvgIpc) is 2.59. The van der Waals surface area contributed by atoms with Gasteiger partial charge in [0.15, 0.2) is 0 Å². The average molecular weight is 271 g/mol. The predicted molar refractivity (Wildman–Crippen MR) is 66.1 cm³/mol. The van der Waals surface area contributed by atoms with Gasteiger partial charge in [-0.2, -0.15) is 5.10 Å². The van der Waals surface area contributed by atoms with Crippen LogP contribution in [0.15, 0.2) is 35.4 Å². The van der Waals surface area contributed by atoms with Gasteiger partial charge in [-0.1, -0.05) is 12.1 Å². The van der Waals surface area contributed by atoms with Crippen molar-refractivity contribution in [3.8, 4) is 5.69 Å². The van der Waals surface area contributed by atoms with E-state index in [1.165, 1.54) is 6.20 Å². The van der Waals surface area contributed by atoms with Gasteiger partial charge in [-0.3, -0.25) is 0 Å². The van der Waals surface area contributed by atoms with Gasteiger partial charge in [0.05, 0.1) is 17.6 Å². The van der Waals surface area contributed by atoms with Crippen LogP contribution in [0.3, 0.4) is 0 Å². The highest BCUT2D eigenvalue weighted by molar-refractivity contribution is 8.13. The number of halogens is 1. The maximum atomic E-state index is 11.3. The van der Waals surface area contributed by atoms with Gasteiger partial charge in [-0.05, 0) is 31.5 Å². The number of rotatable bonds is 2. The van der Waals surface area contributed by atoms with Gasteiger partial charge in [0.1, 0.15) is 4.90 Å². The molecule has 4 nitrogen and oxygen atoms in total. The number of hydrogen-bond donors (Lipinski definition) is 0. The first-order valence-electron chi connectivity index (χ1n) is 4.96. The summed E-state index contributed by atoms with van der Waals surface area (Å²) in [5.41, 5.74) is 2.40. The van der Waals surface area contributed by atoms with Crippen LogP contribution in [0.1, 0.15) is 11.3 Å². The van der Waals surface area contributed by atoms with Crippen LogP contribution >= 0.6 is 10.7 Å². The summed E-state index contributed by atoms with van der Waals surface area (Å²) in [4.78, 5) is 0.0423. The fourth-order valence-electron chi connectivity index (χ4n) is 1.65. The third-order valence-electron chi connectivity index (χ3n) is 2.47. The third kappa shape index (κ3) is 2.35. The molecule has 1 aromatic carbocycles. The molecule has 90 valence electrons. The lowest BCUT2D eigenvalue weighted by Crippen LogP contribution is -2.00. The Labute approximate surface area is 104 Å². The molecule has 17 heavy (non-hydrogen) atoms. The van der Waals surface area contributed by atoms with E-state index < -0.39 is 9.05 Å². The van der Waals surface area contributed by atoms with Gasteiger partial charge in [0.2, 0.25) is 0 Å². The highest BCUT2D eigenvalue weighted by atomic mass is 35.7. The highest BCUT2D eigenvalue weighted by Crippen LogP contribution is 2.21. The summed E-state index contributed by atoms with van der Waals surface area (Å²) >= 11 is 0. The van der Waals surface area contributed by atoms with E-state index in [2.05, 4.69) is 5.10 Å². The third-order valence-corrected chi connectivity index (χ3v) is 3.90. The molecular weight excluding hydrogens is 260 g/mol. The topological polar surface area (TPSA) is 52.0 Å². The first kappa shape index (κ1) is 12.1. The van der Waals surface area contributed by atoms with Gasteiger partial charge >= 0.3 is 0 Å². The predicted octanol–water partition coefficient (Wildman–Crippen LogP) is 2.42. The van der Waals surface area contributed by atoms with Crippen molar-refractivity contribution >= 4 is 19.7 Å². The lowest BCUT2D eigenvalue weighted by atomic mass is 10.2. The normalized spacial score (nSPS) is 11.7. The van der Waals surface area contributed by atoms with Crippen LogP contribution in [0.5, 0.6) is 0 Å². The molecule has 0 bridgehead atoms. The second kappa shape index (κ2) is 4.16. The van der Waals surface area contributed by atoms with Gasteiger partial charge in [0, 0.05) is 10.7 Å². The molecule has 0 aliphatic heterocycles. The van der Waals surface area contributed by atoms with Crippen molar-refractivity contribution in [3.63, 3.8) is 0 Å². The Kier molecular flexibility index (Phi) is 2.97. The second-order valence-corrected chi connectivity index (χ2v) is 6.32. The SMILES string of the molecule is Cc1cccc(-n2ncc(S(=O)(=O)Cl)c2C)c1. The first-order valence-corrected chi connectivity index (χ1v) is 7.27. The molecule has 2 aromatic rings. The minimum absolute atomic E-state index is 0.0423. The summed E-state index contributed by atoms with van der Waals surface area (Å²) < 4.78 is 24.1. The van der Waals surface area contributed by atoms with E-state index in [9.17, 15) is 8.42 Å². The maximum Gasteiger partial charge on any atom is 0.264 e. The Morgan fingerprint density at radius 3 is 2.53 bits per heavy atom. The van der Waals surface area contributed by atoms with Gasteiger partial charge in [-0.15, -0.1) is 0 Å². The molecule has 2 rings (SSSR count). The van der Waals surface area contributed by atoms with Crippen LogP contribution in [0.4, 0.5) is 0 Å². The van der Waals surface area contributed by atoms with E-state index in [-0.39, 0.29) is 4.90 Å². The molecule has 0 fully saturated rings. The zero-order chi connectivity index (χ0) is 12.6. The number of aromatic nitrogens is 2. The maximum absolute atomic E-state index is 11.3. The number of hydrogen-bond acceptors (Lipinski definition) is 3. The molecule has 0 saturated carbocycles. The van der Waals surface area contributed by atoms with Crippen LogP contribution < -0.4 is 0 Å². The van der Waals surface area contributed by atoms with Crippen LogP contribution in [-0.4, -0.2) is 18.2 Å². The quantitative estimate of drug-likeness (QED) is 0.788. The molecule has 0 spiro atoms. The summed E-state index contributed by atoms with van der Waals surface area (Å²) in [6, 6.07) is 7.63. The molecule has 1 heterocycles. The summed E-state index contributed by atoms with van der Waals surface area (Å²) in [7, 11) is 1.57. The number of benzene rings is 1. The van der Waals surface area contributed by atoms with Crippen LogP contribution in [0.2, 0.25) is 0 Å². The van der Waals surface area contributed by atoms with Crippen molar-refractivity contribution in [2.45, 2.75) is 18.7 Å². The Morgan fingerprint density at radius 2 is 2.00 bits per heavy atom. The standard InChI is InChI=1S/C11H11ClN2O2S/c1-8-4-3-5-10(6-8)14-9(2)11(7-13-14)17(12,15)16/h3-7H,1-2H3. The molecule has 6 heteroatoms. The second-order valence-electron chi connectivity index (χ2n) is 3.78. The van der Waals surface area contributed by atoms with Crippen LogP contribution in [0.25, 0.3) is 5.69 Å². The van der Waals surface area contributed by atoms with Gasteiger partial charge in [0.25, 0.3) is 9.05 Å². The van der Waals surface area contributed by atoms with Crippen LogP contribution in [-0.2, 0) is 9.05 Å². The van der Waals surface area contributed by atoms with E-state index in [4.69, 9.17) is 10.7 Å². The van der Waals surface area contributed by atoms with Crippen molar-refractivity contribution < 1.29 is 8.42 Å². The Balaban J connectivity index is 2.60. The lowest BCUT2D eigenvalue weighted by molar-refractivity contribution is 0.609. The van der Waals surface area contributed by atoms with Crippen molar-refractivity contribution in [3.05, 3.63) is 41.7 Å². The Bertz CT molecular complexity index is 662. The van der Waals surface area contributed by atoms with E-state index in [1.807, 2.05) is 31.2 Å². The number of aryl methyl sites for hydroxylation is 1. The van der Waals surface area contributed by atoms with Crippen molar-refractivity contribution in [1.82, 2.24) is 9.78 Å². The van der Waals surface area contributed by atoms with Crippen molar-refractivity contribution in [2.24, 2.45) is 0 Å². The van der Waals surface area contributed by atoms with Gasteiger partial charge < -0.3 is 0 Å². The molecule has 0 unspecified atom stereocenters. The molecule has 1 aromatic heterocycles. The lowest BCUT2D eigenvalue weighted by Gasteiger charge is -2.05. The summed E-state index contributed by atoms with van der Waals surface area (Å²) in [6.45, 7) is 3.63. The first-order chi connectivity index (χ1) is 7.89. The molecular formula is C11H11ClN2O2S.